The molecule has 1 aromatic heterocycles. The van der Waals surface area contributed by atoms with Gasteiger partial charge in [-0.05, 0) is 60.5 Å². The van der Waals surface area contributed by atoms with Crippen LogP contribution >= 0.6 is 23.2 Å². The monoisotopic (exact) mass is 532 g/mol. The van der Waals surface area contributed by atoms with Gasteiger partial charge in [-0.15, -0.1) is 0 Å². The number of hydrogen-bond acceptors (Lipinski definition) is 5. The van der Waals surface area contributed by atoms with Crippen molar-refractivity contribution < 1.29 is 25.6 Å². The zero-order valence-corrected chi connectivity index (χ0v) is 19.9. The first-order valence-corrected chi connectivity index (χ1v) is 13.5. The second kappa shape index (κ2) is 8.83. The highest BCUT2D eigenvalue weighted by molar-refractivity contribution is 7.93. The van der Waals surface area contributed by atoms with Crippen molar-refractivity contribution >= 4 is 48.9 Å². The molecule has 0 aliphatic carbocycles. The summed E-state index contributed by atoms with van der Waals surface area (Å²) in [5.74, 6) is -1.96. The lowest BCUT2D eigenvalue weighted by Crippen LogP contribution is -2.26. The Hall–Kier alpha value is -2.27. The van der Waals surface area contributed by atoms with Gasteiger partial charge in [0.1, 0.15) is 22.7 Å². The quantitative estimate of drug-likeness (QED) is 0.472. The van der Waals surface area contributed by atoms with Crippen LogP contribution in [0.15, 0.2) is 59.6 Å². The summed E-state index contributed by atoms with van der Waals surface area (Å²) >= 11 is 12.2. The first-order valence-electron chi connectivity index (χ1n) is 9.61. The molecule has 4 rings (SSSR count). The van der Waals surface area contributed by atoms with Gasteiger partial charge in [0.15, 0.2) is 9.84 Å². The molecule has 1 saturated heterocycles. The van der Waals surface area contributed by atoms with Crippen LogP contribution in [-0.2, 0) is 19.9 Å². The van der Waals surface area contributed by atoms with E-state index in [0.717, 1.165) is 28.7 Å². The van der Waals surface area contributed by atoms with Crippen LogP contribution in [0.2, 0.25) is 10.0 Å². The lowest BCUT2D eigenvalue weighted by atomic mass is 10.0. The van der Waals surface area contributed by atoms with Gasteiger partial charge in [0.25, 0.3) is 0 Å². The molecule has 0 spiro atoms. The van der Waals surface area contributed by atoms with E-state index >= 15 is 0 Å². The van der Waals surface area contributed by atoms with E-state index in [1.807, 2.05) is 0 Å². The molecule has 1 aliphatic rings. The third kappa shape index (κ3) is 4.57. The fraction of sp³-hybridized carbons (Fsp3) is 0.190. The van der Waals surface area contributed by atoms with Crippen molar-refractivity contribution in [2.45, 2.75) is 16.6 Å². The number of sulfone groups is 1. The maximum atomic E-state index is 14.9. The Kier molecular flexibility index (Phi) is 6.38. The van der Waals surface area contributed by atoms with Crippen molar-refractivity contribution in [2.24, 2.45) is 0 Å². The van der Waals surface area contributed by atoms with Crippen molar-refractivity contribution in [1.29, 1.82) is 0 Å². The number of anilines is 1. The summed E-state index contributed by atoms with van der Waals surface area (Å²) in [7, 11) is -8.04. The summed E-state index contributed by atoms with van der Waals surface area (Å²) in [5, 5.41) is -1.65. The molecule has 0 amide bonds. The topological polar surface area (TPSA) is 84.4 Å². The van der Waals surface area contributed by atoms with Crippen molar-refractivity contribution in [1.82, 2.24) is 4.98 Å². The minimum absolute atomic E-state index is 0.0555. The minimum atomic E-state index is -4.40. The van der Waals surface area contributed by atoms with Crippen LogP contribution in [0.1, 0.15) is 22.8 Å². The first kappa shape index (κ1) is 23.9. The minimum Gasteiger partial charge on any atom is -0.254 e. The summed E-state index contributed by atoms with van der Waals surface area (Å²) in [5.41, 5.74) is -0.614. The van der Waals surface area contributed by atoms with Gasteiger partial charge in [0.05, 0.1) is 15.7 Å². The molecule has 2 heterocycles. The van der Waals surface area contributed by atoms with E-state index < -0.39 is 42.3 Å². The molecule has 0 N–H and O–H groups in total. The number of nitrogens with zero attached hydrogens (tertiary/aromatic N) is 2. The van der Waals surface area contributed by atoms with E-state index in [1.54, 1.807) is 0 Å². The summed E-state index contributed by atoms with van der Waals surface area (Å²) in [6.45, 7) is 0.152. The Morgan fingerprint density at radius 2 is 1.70 bits per heavy atom. The summed E-state index contributed by atoms with van der Waals surface area (Å²) in [6, 6.07) is 8.82. The van der Waals surface area contributed by atoms with Crippen molar-refractivity contribution in [3.05, 3.63) is 87.5 Å². The van der Waals surface area contributed by atoms with Gasteiger partial charge in [-0.1, -0.05) is 23.2 Å². The molecular formula is C21H16Cl2F2N2O4S2. The molecule has 3 aromatic rings. The lowest BCUT2D eigenvalue weighted by molar-refractivity contribution is 0.569. The maximum absolute atomic E-state index is 14.9. The molecule has 1 aliphatic heterocycles. The van der Waals surface area contributed by atoms with Gasteiger partial charge < -0.3 is 0 Å². The smallest absolute Gasteiger partial charge is 0.236 e. The van der Waals surface area contributed by atoms with Gasteiger partial charge in [-0.2, -0.15) is 0 Å². The molecular weight excluding hydrogens is 517 g/mol. The molecule has 33 heavy (non-hydrogen) atoms. The molecule has 0 saturated carbocycles. The molecule has 0 bridgehead atoms. The van der Waals surface area contributed by atoms with Crippen LogP contribution in [0.3, 0.4) is 0 Å². The number of halogens is 4. The van der Waals surface area contributed by atoms with E-state index in [9.17, 15) is 25.6 Å². The SMILES string of the molecule is O=S(=O)(c1ccc(Cl)cc1)C(c1cc(F)ccc1F)c1cc(N2CCCS2(=O)=O)ncc1Cl. The highest BCUT2D eigenvalue weighted by Crippen LogP contribution is 2.41. The third-order valence-corrected chi connectivity index (χ3v) is 9.67. The van der Waals surface area contributed by atoms with Crippen LogP contribution in [-0.4, -0.2) is 34.1 Å². The van der Waals surface area contributed by atoms with Crippen LogP contribution in [0.25, 0.3) is 0 Å². The van der Waals surface area contributed by atoms with Crippen LogP contribution in [0, 0.1) is 11.6 Å². The Labute approximate surface area is 199 Å². The van der Waals surface area contributed by atoms with Crippen molar-refractivity contribution in [2.75, 3.05) is 16.6 Å². The molecule has 2 aromatic carbocycles. The molecule has 1 unspecified atom stereocenters. The first-order chi connectivity index (χ1) is 15.5. The average molecular weight is 533 g/mol. The van der Waals surface area contributed by atoms with Gasteiger partial charge in [-0.3, -0.25) is 4.31 Å². The Morgan fingerprint density at radius 3 is 2.33 bits per heavy atom. The Bertz CT molecular complexity index is 1430. The number of aromatic nitrogens is 1. The van der Waals surface area contributed by atoms with E-state index in [0.29, 0.717) is 6.42 Å². The molecule has 1 fully saturated rings. The second-order valence-corrected chi connectivity index (χ2v) is 12.2. The average Bonchev–Trinajstić information content (AvgIpc) is 3.11. The number of sulfonamides is 1. The van der Waals surface area contributed by atoms with Crippen molar-refractivity contribution in [3.8, 4) is 0 Å². The number of pyridine rings is 1. The largest absolute Gasteiger partial charge is 0.254 e. The van der Waals surface area contributed by atoms with Crippen LogP contribution in [0.5, 0.6) is 0 Å². The third-order valence-electron chi connectivity index (χ3n) is 5.20. The molecule has 174 valence electrons. The number of hydrogen-bond donors (Lipinski definition) is 0. The molecule has 0 radical (unpaired) electrons. The highest BCUT2D eigenvalue weighted by Gasteiger charge is 2.37. The van der Waals surface area contributed by atoms with Gasteiger partial charge >= 0.3 is 0 Å². The van der Waals surface area contributed by atoms with E-state index in [2.05, 4.69) is 4.98 Å². The maximum Gasteiger partial charge on any atom is 0.236 e. The lowest BCUT2D eigenvalue weighted by Gasteiger charge is -2.23. The molecule has 1 atom stereocenters. The van der Waals surface area contributed by atoms with Gasteiger partial charge in [-0.25, -0.2) is 30.6 Å². The number of rotatable bonds is 5. The number of benzene rings is 2. The second-order valence-electron chi connectivity index (χ2n) is 7.35. The molecule has 6 nitrogen and oxygen atoms in total. The zero-order chi connectivity index (χ0) is 24.0. The Balaban J connectivity index is 1.97. The molecule has 12 heteroatoms. The summed E-state index contributed by atoms with van der Waals surface area (Å²) < 4.78 is 82.1. The van der Waals surface area contributed by atoms with Gasteiger partial charge in [0, 0.05) is 23.3 Å². The predicted molar refractivity (Wildman–Crippen MR) is 122 cm³/mol. The summed E-state index contributed by atoms with van der Waals surface area (Å²) in [4.78, 5) is 3.83. The van der Waals surface area contributed by atoms with E-state index in [-0.39, 0.29) is 38.6 Å². The van der Waals surface area contributed by atoms with Crippen LogP contribution < -0.4 is 4.31 Å². The Morgan fingerprint density at radius 1 is 1.00 bits per heavy atom. The van der Waals surface area contributed by atoms with Gasteiger partial charge in [0.2, 0.25) is 10.0 Å². The van der Waals surface area contributed by atoms with Crippen molar-refractivity contribution in [3.63, 3.8) is 0 Å². The fourth-order valence-electron chi connectivity index (χ4n) is 3.65. The predicted octanol–water partition coefficient (Wildman–Crippen LogP) is 4.77. The fourth-order valence-corrected chi connectivity index (χ4v) is 7.40. The summed E-state index contributed by atoms with van der Waals surface area (Å²) in [6.07, 6.45) is 1.47. The highest BCUT2D eigenvalue weighted by atomic mass is 35.5. The normalized spacial score (nSPS) is 16.7. The van der Waals surface area contributed by atoms with E-state index in [1.165, 1.54) is 30.3 Å². The zero-order valence-electron chi connectivity index (χ0n) is 16.8. The van der Waals surface area contributed by atoms with Crippen LogP contribution in [0.4, 0.5) is 14.6 Å². The van der Waals surface area contributed by atoms with E-state index in [4.69, 9.17) is 23.2 Å². The standard InChI is InChI=1S/C21H16Cl2F2N2O4S2/c22-13-2-5-15(6-3-13)33(30,31)21(17-10-14(24)4-7-19(17)25)16-11-20(26-12-18(16)23)27-8-1-9-32(27,28)29/h2-7,10-12,21H,1,8-9H2.